The average Bonchev–Trinajstić information content (AvgIpc) is 3.42. The highest BCUT2D eigenvalue weighted by molar-refractivity contribution is 6.30. The van der Waals surface area contributed by atoms with E-state index in [1.165, 1.54) is 0 Å². The minimum atomic E-state index is -5.08. The standard InChI is InChI=1S/C29H30Cl2N4O3.C2HF3O2/c1-3-38-25-13-12-23(37-2)18-24(25)28-33-26(19-4-8-21(30)9-5-19)27(20-6-10-22(31)11-7-20)35(28)29(36)34-16-14-32-15-17-34;3-2(4,5)1(6)7/h4-13,18,26-27,32H,3,14-17H2,1-2H3;(H,6,7)/t26-,27+;/m1./s1. The van der Waals surface area contributed by atoms with Gasteiger partial charge in [-0.05, 0) is 60.5 Å². The summed E-state index contributed by atoms with van der Waals surface area (Å²) in [6.45, 7) is 5.10. The van der Waals surface area contributed by atoms with Gasteiger partial charge in [-0.1, -0.05) is 47.5 Å². The van der Waals surface area contributed by atoms with Crippen LogP contribution in [0.4, 0.5) is 18.0 Å². The van der Waals surface area contributed by atoms with Gasteiger partial charge < -0.3 is 24.8 Å². The first-order valence-corrected chi connectivity index (χ1v) is 14.7. The van der Waals surface area contributed by atoms with Crippen molar-refractivity contribution in [1.82, 2.24) is 15.1 Å². The van der Waals surface area contributed by atoms with Crippen LogP contribution in [0.1, 0.15) is 35.7 Å². The first kappa shape index (κ1) is 33.9. The summed E-state index contributed by atoms with van der Waals surface area (Å²) in [6.07, 6.45) is -5.08. The first-order valence-electron chi connectivity index (χ1n) is 13.9. The van der Waals surface area contributed by atoms with E-state index in [-0.39, 0.29) is 12.1 Å². The second-order valence-electron chi connectivity index (χ2n) is 9.93. The normalized spacial score (nSPS) is 18.1. The molecule has 1 fully saturated rings. The molecule has 2 N–H and O–H groups in total. The van der Waals surface area contributed by atoms with Crippen LogP contribution < -0.4 is 14.8 Å². The molecule has 9 nitrogen and oxygen atoms in total. The van der Waals surface area contributed by atoms with Crippen LogP contribution in [0.15, 0.2) is 71.7 Å². The number of halogens is 5. The van der Waals surface area contributed by atoms with E-state index in [1.807, 2.05) is 83.5 Å². The fourth-order valence-electron chi connectivity index (χ4n) is 4.96. The van der Waals surface area contributed by atoms with Crippen LogP contribution in [0.5, 0.6) is 11.5 Å². The van der Waals surface area contributed by atoms with Crippen molar-refractivity contribution in [2.24, 2.45) is 4.99 Å². The summed E-state index contributed by atoms with van der Waals surface area (Å²) in [5.41, 5.74) is 2.57. The zero-order valence-electron chi connectivity index (χ0n) is 24.4. The fourth-order valence-corrected chi connectivity index (χ4v) is 5.21. The third-order valence-electron chi connectivity index (χ3n) is 7.05. The molecule has 2 atom stereocenters. The fraction of sp³-hybridized carbons (Fsp3) is 0.323. The number of amides is 2. The molecule has 0 saturated carbocycles. The Morgan fingerprint density at radius 2 is 1.53 bits per heavy atom. The molecule has 0 unspecified atom stereocenters. The maximum atomic E-state index is 14.3. The summed E-state index contributed by atoms with van der Waals surface area (Å²) in [6, 6.07) is 19.9. The minimum absolute atomic E-state index is 0.105. The van der Waals surface area contributed by atoms with E-state index < -0.39 is 18.2 Å². The van der Waals surface area contributed by atoms with Crippen molar-refractivity contribution < 1.29 is 37.3 Å². The molecular weight excluding hydrogens is 636 g/mol. The lowest BCUT2D eigenvalue weighted by molar-refractivity contribution is -0.192. The molecule has 3 aromatic rings. The van der Waals surface area contributed by atoms with E-state index in [2.05, 4.69) is 5.32 Å². The third kappa shape index (κ3) is 8.19. The van der Waals surface area contributed by atoms with E-state index in [4.69, 9.17) is 47.6 Å². The molecule has 1 saturated heterocycles. The van der Waals surface area contributed by atoms with E-state index >= 15 is 0 Å². The predicted molar refractivity (Wildman–Crippen MR) is 164 cm³/mol. The Bertz CT molecular complexity index is 1520. The number of aliphatic imine (C=N–C) groups is 1. The second kappa shape index (κ2) is 14.9. The Balaban J connectivity index is 0.000000591. The SMILES string of the molecule is CCOc1ccc(OC)cc1C1=N[C@H](c2ccc(Cl)cc2)[C@H](c2ccc(Cl)cc2)N1C(=O)N1CCNCC1.O=C(O)C(F)(F)F. The number of amidine groups is 1. The lowest BCUT2D eigenvalue weighted by Crippen LogP contribution is -2.53. The van der Waals surface area contributed by atoms with Crippen LogP contribution in [0.2, 0.25) is 10.0 Å². The number of urea groups is 1. The van der Waals surface area contributed by atoms with Gasteiger partial charge in [0, 0.05) is 36.2 Å². The Morgan fingerprint density at radius 3 is 2.04 bits per heavy atom. The van der Waals surface area contributed by atoms with Crippen molar-refractivity contribution in [3.63, 3.8) is 0 Å². The second-order valence-corrected chi connectivity index (χ2v) is 10.8. The number of nitrogens with zero attached hydrogens (tertiary/aromatic N) is 3. The van der Waals surface area contributed by atoms with Crippen molar-refractivity contribution in [1.29, 1.82) is 0 Å². The van der Waals surface area contributed by atoms with Gasteiger partial charge in [-0.3, -0.25) is 9.89 Å². The summed E-state index contributed by atoms with van der Waals surface area (Å²) in [4.78, 5) is 32.1. The lowest BCUT2D eigenvalue weighted by Gasteiger charge is -2.36. The van der Waals surface area contributed by atoms with Gasteiger partial charge in [0.1, 0.15) is 23.4 Å². The number of aliphatic carboxylic acids is 1. The summed E-state index contributed by atoms with van der Waals surface area (Å²) in [5, 5.41) is 11.7. The number of rotatable bonds is 6. The summed E-state index contributed by atoms with van der Waals surface area (Å²) < 4.78 is 43.3. The number of nitrogens with one attached hydrogen (secondary N) is 1. The molecule has 0 aliphatic carbocycles. The van der Waals surface area contributed by atoms with Crippen molar-refractivity contribution in [2.45, 2.75) is 25.2 Å². The molecule has 2 amide bonds. The van der Waals surface area contributed by atoms with Gasteiger partial charge in [-0.15, -0.1) is 0 Å². The third-order valence-corrected chi connectivity index (χ3v) is 7.56. The molecule has 0 bridgehead atoms. The minimum Gasteiger partial charge on any atom is -0.497 e. The highest BCUT2D eigenvalue weighted by atomic mass is 35.5. The Kier molecular flexibility index (Phi) is 11.2. The van der Waals surface area contributed by atoms with E-state index in [0.717, 1.165) is 24.2 Å². The van der Waals surface area contributed by atoms with Crippen molar-refractivity contribution in [3.8, 4) is 11.5 Å². The summed E-state index contributed by atoms with van der Waals surface area (Å²) >= 11 is 12.5. The Hall–Kier alpha value is -4.00. The molecular formula is C31H31Cl2F3N4O5. The number of carboxylic acid groups (broad SMARTS) is 1. The molecule has 14 heteroatoms. The smallest absolute Gasteiger partial charge is 0.490 e. The molecule has 240 valence electrons. The Labute approximate surface area is 268 Å². The van der Waals surface area contributed by atoms with Gasteiger partial charge in [0.05, 0.1) is 25.3 Å². The molecule has 2 aliphatic rings. The number of ether oxygens (including phenoxy) is 2. The first-order chi connectivity index (χ1) is 21.4. The highest BCUT2D eigenvalue weighted by Crippen LogP contribution is 2.45. The van der Waals surface area contributed by atoms with Crippen molar-refractivity contribution >= 4 is 41.0 Å². The maximum absolute atomic E-state index is 14.3. The van der Waals surface area contributed by atoms with E-state index in [0.29, 0.717) is 52.6 Å². The topological polar surface area (TPSA) is 104 Å². The van der Waals surface area contributed by atoms with Gasteiger partial charge in [0.2, 0.25) is 0 Å². The average molecular weight is 668 g/mol. The molecule has 3 aromatic carbocycles. The van der Waals surface area contributed by atoms with E-state index in [9.17, 15) is 18.0 Å². The van der Waals surface area contributed by atoms with Gasteiger partial charge in [0.15, 0.2) is 0 Å². The van der Waals surface area contributed by atoms with Crippen LogP contribution in [-0.4, -0.2) is 78.8 Å². The van der Waals surface area contributed by atoms with E-state index in [1.54, 1.807) is 7.11 Å². The maximum Gasteiger partial charge on any atom is 0.490 e. The largest absolute Gasteiger partial charge is 0.497 e. The number of hydrogen-bond acceptors (Lipinski definition) is 6. The van der Waals surface area contributed by atoms with Gasteiger partial charge in [0.25, 0.3) is 0 Å². The molecule has 0 aromatic heterocycles. The molecule has 0 spiro atoms. The number of carbonyl (C=O) groups excluding carboxylic acids is 1. The summed E-state index contributed by atoms with van der Waals surface area (Å²) in [5.74, 6) is -0.932. The number of alkyl halides is 3. The predicted octanol–water partition coefficient (Wildman–Crippen LogP) is 6.60. The molecule has 5 rings (SSSR count). The van der Waals surface area contributed by atoms with Gasteiger partial charge in [-0.2, -0.15) is 13.2 Å². The molecule has 2 aliphatic heterocycles. The number of methoxy groups -OCH3 is 1. The lowest BCUT2D eigenvalue weighted by atomic mass is 9.93. The number of carbonyl (C=O) groups is 2. The molecule has 45 heavy (non-hydrogen) atoms. The van der Waals surface area contributed by atoms with Crippen molar-refractivity contribution in [3.05, 3.63) is 93.5 Å². The van der Waals surface area contributed by atoms with Crippen LogP contribution in [0, 0.1) is 0 Å². The number of hydrogen-bond donors (Lipinski definition) is 2. The quantitative estimate of drug-likeness (QED) is 0.307. The molecule has 2 heterocycles. The van der Waals surface area contributed by atoms with Gasteiger partial charge in [-0.25, -0.2) is 9.59 Å². The monoisotopic (exact) mass is 666 g/mol. The van der Waals surface area contributed by atoms with Crippen LogP contribution in [0.3, 0.4) is 0 Å². The van der Waals surface area contributed by atoms with Gasteiger partial charge >= 0.3 is 18.2 Å². The number of piperazine rings is 1. The number of carboxylic acids is 1. The Morgan fingerprint density at radius 1 is 0.978 bits per heavy atom. The zero-order chi connectivity index (χ0) is 32.7. The zero-order valence-corrected chi connectivity index (χ0v) is 25.9. The van der Waals surface area contributed by atoms with Crippen LogP contribution in [0.25, 0.3) is 0 Å². The van der Waals surface area contributed by atoms with Crippen LogP contribution in [-0.2, 0) is 4.79 Å². The van der Waals surface area contributed by atoms with Crippen LogP contribution >= 0.6 is 23.2 Å². The van der Waals surface area contributed by atoms with Crippen molar-refractivity contribution in [2.75, 3.05) is 39.9 Å². The summed E-state index contributed by atoms with van der Waals surface area (Å²) in [7, 11) is 1.62. The highest BCUT2D eigenvalue weighted by Gasteiger charge is 2.45. The number of benzene rings is 3. The molecule has 0 radical (unpaired) electrons.